The average molecular weight is 519 g/mol. The number of likely N-dealkylation sites (tertiary alicyclic amines) is 1. The Labute approximate surface area is 211 Å². The highest BCUT2D eigenvalue weighted by Gasteiger charge is 2.40. The van der Waals surface area contributed by atoms with Gasteiger partial charge in [-0.2, -0.15) is 13.2 Å². The third kappa shape index (κ3) is 5.37. The first-order chi connectivity index (χ1) is 17.6. The van der Waals surface area contributed by atoms with Crippen LogP contribution in [0.1, 0.15) is 36.8 Å². The Morgan fingerprint density at radius 3 is 2.54 bits per heavy atom. The summed E-state index contributed by atoms with van der Waals surface area (Å²) in [6.07, 6.45) is -1.41. The number of carbonyl (C=O) groups is 1. The van der Waals surface area contributed by atoms with Crippen LogP contribution < -0.4 is 15.4 Å². The topological polar surface area (TPSA) is 99.9 Å². The van der Waals surface area contributed by atoms with Crippen molar-refractivity contribution < 1.29 is 32.3 Å². The Hall–Kier alpha value is -3.31. The molecule has 8 nitrogen and oxygen atoms in total. The molecule has 3 aromatic rings. The number of halogens is 3. The van der Waals surface area contributed by atoms with E-state index in [0.717, 1.165) is 49.4 Å². The van der Waals surface area contributed by atoms with E-state index in [1.165, 1.54) is 6.07 Å². The Kier molecular flexibility index (Phi) is 6.76. The number of carbonyl (C=O) groups excluding carboxylic acids is 1. The molecule has 0 unspecified atom stereocenters. The highest BCUT2D eigenvalue weighted by molar-refractivity contribution is 5.90. The Morgan fingerprint density at radius 1 is 1.19 bits per heavy atom. The number of rotatable bonds is 7. The minimum atomic E-state index is -4.48. The molecule has 0 spiro atoms. The van der Waals surface area contributed by atoms with Crippen LogP contribution >= 0.6 is 0 Å². The summed E-state index contributed by atoms with van der Waals surface area (Å²) in [4.78, 5) is 14.7. The van der Waals surface area contributed by atoms with Gasteiger partial charge in [-0.3, -0.25) is 9.69 Å². The molecule has 37 heavy (non-hydrogen) atoms. The van der Waals surface area contributed by atoms with Crippen molar-refractivity contribution in [3.63, 3.8) is 0 Å². The number of fused-ring (bicyclic) bond motifs is 1. The summed E-state index contributed by atoms with van der Waals surface area (Å²) >= 11 is 0. The van der Waals surface area contributed by atoms with Gasteiger partial charge < -0.3 is 25.0 Å². The maximum Gasteiger partial charge on any atom is 0.416 e. The molecule has 3 N–H and O–H groups in total. The van der Waals surface area contributed by atoms with Gasteiger partial charge in [0.05, 0.1) is 36.2 Å². The van der Waals surface area contributed by atoms with Gasteiger partial charge in [0.15, 0.2) is 11.4 Å². The molecule has 0 radical (unpaired) electrons. The van der Waals surface area contributed by atoms with Crippen LogP contribution in [0.5, 0.6) is 5.75 Å². The summed E-state index contributed by atoms with van der Waals surface area (Å²) in [5.74, 6) is 0.582. The largest absolute Gasteiger partial charge is 0.497 e. The number of nitrogens with zero attached hydrogens (tertiary/aromatic N) is 2. The summed E-state index contributed by atoms with van der Waals surface area (Å²) in [7, 11) is 1.61. The number of aliphatic hydroxyl groups is 1. The maximum absolute atomic E-state index is 13.0. The molecule has 1 aliphatic carbocycles. The number of aromatic nitrogens is 1. The lowest BCUT2D eigenvalue weighted by molar-refractivity contribution is -0.137. The van der Waals surface area contributed by atoms with E-state index in [4.69, 9.17) is 9.26 Å². The minimum absolute atomic E-state index is 0.00239. The standard InChI is InChI=1S/C26H29F3N4O4/c1-36-20-5-2-16(3-6-20)25(35)10-8-19(9-11-25)33-14-18(15-33)31-23(34)13-30-24-21-12-17(26(27,28)29)4-7-22(21)37-32-24/h2-7,12,18-19,35H,8-11,13-15H2,1H3,(H,30,32)(H,31,34). The van der Waals surface area contributed by atoms with Crippen molar-refractivity contribution in [1.82, 2.24) is 15.4 Å². The normalized spacial score (nSPS) is 23.0. The molecule has 0 bridgehead atoms. The molecule has 2 aromatic carbocycles. The number of ether oxygens (including phenoxy) is 1. The third-order valence-corrected chi connectivity index (χ3v) is 7.41. The monoisotopic (exact) mass is 518 g/mol. The molecule has 1 saturated heterocycles. The quantitative estimate of drug-likeness (QED) is 0.436. The van der Waals surface area contributed by atoms with Gasteiger partial charge in [0.2, 0.25) is 5.91 Å². The number of amides is 1. The Bertz CT molecular complexity index is 1250. The lowest BCUT2D eigenvalue weighted by Gasteiger charge is -2.48. The summed E-state index contributed by atoms with van der Waals surface area (Å²) in [5, 5.41) is 20.8. The van der Waals surface area contributed by atoms with Crippen LogP contribution in [0.2, 0.25) is 0 Å². The van der Waals surface area contributed by atoms with Crippen LogP contribution in [0.15, 0.2) is 47.0 Å². The average Bonchev–Trinajstić information content (AvgIpc) is 3.27. The second-order valence-corrected chi connectivity index (χ2v) is 9.80. The molecule has 2 fully saturated rings. The second-order valence-electron chi connectivity index (χ2n) is 9.80. The first kappa shape index (κ1) is 25.3. The van der Waals surface area contributed by atoms with E-state index in [9.17, 15) is 23.1 Å². The van der Waals surface area contributed by atoms with Crippen molar-refractivity contribution in [3.8, 4) is 5.75 Å². The zero-order chi connectivity index (χ0) is 26.2. The molecule has 1 aromatic heterocycles. The smallest absolute Gasteiger partial charge is 0.416 e. The van der Waals surface area contributed by atoms with Gasteiger partial charge in [0, 0.05) is 19.1 Å². The van der Waals surface area contributed by atoms with Crippen molar-refractivity contribution in [3.05, 3.63) is 53.6 Å². The summed E-state index contributed by atoms with van der Waals surface area (Å²) in [6, 6.07) is 11.0. The summed E-state index contributed by atoms with van der Waals surface area (Å²) in [6.45, 7) is 1.31. The lowest BCUT2D eigenvalue weighted by atomic mass is 9.76. The van der Waals surface area contributed by atoms with Crippen LogP contribution in [-0.2, 0) is 16.6 Å². The fraction of sp³-hybridized carbons (Fsp3) is 0.462. The number of benzene rings is 2. The Balaban J connectivity index is 1.07. The molecule has 2 aliphatic rings. The first-order valence-corrected chi connectivity index (χ1v) is 12.3. The molecular formula is C26H29F3N4O4. The zero-order valence-corrected chi connectivity index (χ0v) is 20.3. The van der Waals surface area contributed by atoms with E-state index >= 15 is 0 Å². The number of alkyl halides is 3. The van der Waals surface area contributed by atoms with Crippen LogP contribution in [0.3, 0.4) is 0 Å². The van der Waals surface area contributed by atoms with Crippen LogP contribution in [0.25, 0.3) is 11.0 Å². The minimum Gasteiger partial charge on any atom is -0.497 e. The number of nitrogens with one attached hydrogen (secondary N) is 2. The predicted molar refractivity (Wildman–Crippen MR) is 130 cm³/mol. The van der Waals surface area contributed by atoms with Crippen molar-refractivity contribution in [1.29, 1.82) is 0 Å². The van der Waals surface area contributed by atoms with E-state index in [2.05, 4.69) is 20.7 Å². The van der Waals surface area contributed by atoms with E-state index in [-0.39, 0.29) is 35.3 Å². The molecule has 1 aliphatic heterocycles. The van der Waals surface area contributed by atoms with E-state index in [1.54, 1.807) is 7.11 Å². The van der Waals surface area contributed by atoms with Crippen LogP contribution in [0, 0.1) is 0 Å². The van der Waals surface area contributed by atoms with Crippen molar-refractivity contribution in [2.45, 2.75) is 49.5 Å². The molecule has 1 amide bonds. The maximum atomic E-state index is 13.0. The van der Waals surface area contributed by atoms with Crippen molar-refractivity contribution >= 4 is 22.7 Å². The van der Waals surface area contributed by atoms with E-state index in [0.29, 0.717) is 18.9 Å². The second kappa shape index (κ2) is 9.86. The van der Waals surface area contributed by atoms with Crippen LogP contribution in [-0.4, -0.2) is 59.9 Å². The molecule has 2 heterocycles. The third-order valence-electron chi connectivity index (χ3n) is 7.41. The molecular weight excluding hydrogens is 489 g/mol. The van der Waals surface area contributed by atoms with E-state index in [1.807, 2.05) is 24.3 Å². The van der Waals surface area contributed by atoms with Gasteiger partial charge in [0.1, 0.15) is 5.75 Å². The molecule has 0 atom stereocenters. The van der Waals surface area contributed by atoms with Gasteiger partial charge in [0.25, 0.3) is 0 Å². The highest BCUT2D eigenvalue weighted by Crippen LogP contribution is 2.40. The number of anilines is 1. The zero-order valence-electron chi connectivity index (χ0n) is 20.3. The fourth-order valence-electron chi connectivity index (χ4n) is 5.22. The van der Waals surface area contributed by atoms with Crippen LogP contribution in [0.4, 0.5) is 19.0 Å². The first-order valence-electron chi connectivity index (χ1n) is 12.3. The molecule has 11 heteroatoms. The molecule has 198 valence electrons. The summed E-state index contributed by atoms with van der Waals surface area (Å²) < 4.78 is 49.3. The number of hydrogen-bond donors (Lipinski definition) is 3. The predicted octanol–water partition coefficient (Wildman–Crippen LogP) is 3.90. The number of hydrogen-bond acceptors (Lipinski definition) is 7. The Morgan fingerprint density at radius 2 is 1.89 bits per heavy atom. The van der Waals surface area contributed by atoms with Crippen molar-refractivity contribution in [2.24, 2.45) is 0 Å². The summed E-state index contributed by atoms with van der Waals surface area (Å²) in [5.41, 5.74) is -0.533. The number of methoxy groups -OCH3 is 1. The van der Waals surface area contributed by atoms with E-state index < -0.39 is 17.3 Å². The van der Waals surface area contributed by atoms with Gasteiger partial charge in [-0.25, -0.2) is 0 Å². The van der Waals surface area contributed by atoms with Gasteiger partial charge in [-0.15, -0.1) is 0 Å². The van der Waals surface area contributed by atoms with Gasteiger partial charge in [-0.05, 0) is 61.6 Å². The highest BCUT2D eigenvalue weighted by atomic mass is 19.4. The molecule has 5 rings (SSSR count). The lowest BCUT2D eigenvalue weighted by Crippen LogP contribution is -2.63. The fourth-order valence-corrected chi connectivity index (χ4v) is 5.22. The molecule has 1 saturated carbocycles. The van der Waals surface area contributed by atoms with Gasteiger partial charge >= 0.3 is 6.18 Å². The van der Waals surface area contributed by atoms with Crippen molar-refractivity contribution in [2.75, 3.05) is 32.1 Å². The van der Waals surface area contributed by atoms with Gasteiger partial charge in [-0.1, -0.05) is 17.3 Å². The SMILES string of the molecule is COc1ccc(C2(O)CCC(N3CC(NC(=O)CNc4noc5ccc(C(F)(F)F)cc45)C3)CC2)cc1.